The quantitative estimate of drug-likeness (QED) is 0.626. The summed E-state index contributed by atoms with van der Waals surface area (Å²) in [6.45, 7) is 0. The summed E-state index contributed by atoms with van der Waals surface area (Å²) in [7, 11) is 1.89. The second-order valence-electron chi connectivity index (χ2n) is 5.31. The van der Waals surface area contributed by atoms with Crippen LogP contribution in [0.3, 0.4) is 0 Å². The van der Waals surface area contributed by atoms with Gasteiger partial charge in [-0.15, -0.1) is 0 Å². The van der Waals surface area contributed by atoms with Crippen molar-refractivity contribution in [3.8, 4) is 11.4 Å². The molecule has 2 heterocycles. The van der Waals surface area contributed by atoms with Crippen molar-refractivity contribution in [3.05, 3.63) is 67.0 Å². The number of aryl methyl sites for hydroxylation is 1. The number of nitrogens with zero attached hydrogens (tertiary/aromatic N) is 4. The number of aromatic nitrogens is 4. The van der Waals surface area contributed by atoms with E-state index in [4.69, 9.17) is 4.98 Å². The number of benzene rings is 2. The van der Waals surface area contributed by atoms with E-state index >= 15 is 0 Å². The molecule has 0 unspecified atom stereocenters. The largest absolute Gasteiger partial charge is 0.337 e. The molecule has 2 aromatic carbocycles. The Morgan fingerprint density at radius 2 is 1.70 bits per heavy atom. The van der Waals surface area contributed by atoms with Gasteiger partial charge < -0.3 is 5.32 Å². The lowest BCUT2D eigenvalue weighted by molar-refractivity contribution is 0.768. The van der Waals surface area contributed by atoms with Gasteiger partial charge in [0.15, 0.2) is 5.82 Å². The SMILES string of the molecule is Cn1cc(Nc2nc(-c3ccccc3)nc3ccccc23)cn1. The summed E-state index contributed by atoms with van der Waals surface area (Å²) in [5, 5.41) is 8.51. The molecule has 2 aromatic heterocycles. The molecular weight excluding hydrogens is 286 g/mol. The second kappa shape index (κ2) is 5.53. The van der Waals surface area contributed by atoms with Crippen molar-refractivity contribution < 1.29 is 0 Å². The molecule has 0 atom stereocenters. The molecule has 5 heteroatoms. The van der Waals surface area contributed by atoms with E-state index in [-0.39, 0.29) is 0 Å². The highest BCUT2D eigenvalue weighted by Crippen LogP contribution is 2.26. The van der Waals surface area contributed by atoms with E-state index in [9.17, 15) is 0 Å². The third-order valence-electron chi connectivity index (χ3n) is 3.60. The lowest BCUT2D eigenvalue weighted by atomic mass is 10.2. The van der Waals surface area contributed by atoms with Crippen molar-refractivity contribution in [2.75, 3.05) is 5.32 Å². The minimum Gasteiger partial charge on any atom is -0.337 e. The van der Waals surface area contributed by atoms with Crippen LogP contribution < -0.4 is 5.32 Å². The summed E-state index contributed by atoms with van der Waals surface area (Å²) in [5.41, 5.74) is 2.80. The highest BCUT2D eigenvalue weighted by molar-refractivity contribution is 5.92. The maximum absolute atomic E-state index is 4.72. The Morgan fingerprint density at radius 3 is 2.48 bits per heavy atom. The second-order valence-corrected chi connectivity index (χ2v) is 5.31. The van der Waals surface area contributed by atoms with Gasteiger partial charge in [-0.2, -0.15) is 5.10 Å². The van der Waals surface area contributed by atoms with Gasteiger partial charge in [0.1, 0.15) is 5.82 Å². The molecule has 1 N–H and O–H groups in total. The summed E-state index contributed by atoms with van der Waals surface area (Å²) in [6.07, 6.45) is 3.69. The molecule has 0 saturated heterocycles. The van der Waals surface area contributed by atoms with E-state index in [0.717, 1.165) is 28.0 Å². The minimum atomic E-state index is 0.704. The Balaban J connectivity index is 1.87. The van der Waals surface area contributed by atoms with Gasteiger partial charge >= 0.3 is 0 Å². The van der Waals surface area contributed by atoms with Crippen LogP contribution in [0.15, 0.2) is 67.0 Å². The first-order valence-electron chi connectivity index (χ1n) is 7.37. The number of hydrogen-bond donors (Lipinski definition) is 1. The van der Waals surface area contributed by atoms with E-state index in [1.54, 1.807) is 10.9 Å². The lowest BCUT2D eigenvalue weighted by Crippen LogP contribution is -1.98. The van der Waals surface area contributed by atoms with E-state index in [2.05, 4.69) is 15.4 Å². The smallest absolute Gasteiger partial charge is 0.162 e. The Hall–Kier alpha value is -3.21. The third kappa shape index (κ3) is 2.64. The molecule has 112 valence electrons. The molecule has 0 aliphatic carbocycles. The summed E-state index contributed by atoms with van der Waals surface area (Å²) >= 11 is 0. The van der Waals surface area contributed by atoms with Crippen molar-refractivity contribution in [3.63, 3.8) is 0 Å². The van der Waals surface area contributed by atoms with Crippen molar-refractivity contribution >= 4 is 22.4 Å². The van der Waals surface area contributed by atoms with Crippen LogP contribution in [0.4, 0.5) is 11.5 Å². The zero-order chi connectivity index (χ0) is 15.6. The zero-order valence-electron chi connectivity index (χ0n) is 12.6. The van der Waals surface area contributed by atoms with Crippen molar-refractivity contribution in [1.29, 1.82) is 0 Å². The summed E-state index contributed by atoms with van der Waals surface area (Å²) in [6, 6.07) is 18.0. The van der Waals surface area contributed by atoms with Gasteiger partial charge in [0.05, 0.1) is 17.4 Å². The van der Waals surface area contributed by atoms with Gasteiger partial charge in [0.2, 0.25) is 0 Å². The first kappa shape index (κ1) is 13.5. The van der Waals surface area contributed by atoms with E-state index in [1.165, 1.54) is 0 Å². The molecule has 0 radical (unpaired) electrons. The average Bonchev–Trinajstić information content (AvgIpc) is 3.00. The normalized spacial score (nSPS) is 10.8. The Kier molecular flexibility index (Phi) is 3.24. The first-order chi connectivity index (χ1) is 11.3. The van der Waals surface area contributed by atoms with Crippen LogP contribution in [-0.2, 0) is 7.05 Å². The molecule has 0 amide bonds. The average molecular weight is 301 g/mol. The Labute approximate surface area is 133 Å². The summed E-state index contributed by atoms with van der Waals surface area (Å²) in [4.78, 5) is 9.40. The van der Waals surface area contributed by atoms with Crippen LogP contribution in [0.2, 0.25) is 0 Å². The molecule has 5 nitrogen and oxygen atoms in total. The minimum absolute atomic E-state index is 0.704. The molecule has 23 heavy (non-hydrogen) atoms. The monoisotopic (exact) mass is 301 g/mol. The molecule has 0 fully saturated rings. The van der Waals surface area contributed by atoms with Crippen LogP contribution >= 0.6 is 0 Å². The van der Waals surface area contributed by atoms with E-state index in [1.807, 2.05) is 67.8 Å². The van der Waals surface area contributed by atoms with Crippen molar-refractivity contribution in [2.24, 2.45) is 7.05 Å². The van der Waals surface area contributed by atoms with Crippen molar-refractivity contribution in [1.82, 2.24) is 19.7 Å². The third-order valence-corrected chi connectivity index (χ3v) is 3.60. The van der Waals surface area contributed by atoms with Gasteiger partial charge in [0.25, 0.3) is 0 Å². The number of para-hydroxylation sites is 1. The molecular formula is C18H15N5. The number of nitrogens with one attached hydrogen (secondary N) is 1. The summed E-state index contributed by atoms with van der Waals surface area (Å²) in [5.74, 6) is 1.48. The maximum atomic E-state index is 4.72. The van der Waals surface area contributed by atoms with Gasteiger partial charge in [-0.3, -0.25) is 4.68 Å². The molecule has 0 bridgehead atoms. The van der Waals surface area contributed by atoms with Crippen LogP contribution in [0.25, 0.3) is 22.3 Å². The lowest BCUT2D eigenvalue weighted by Gasteiger charge is -2.09. The molecule has 0 aliphatic rings. The van der Waals surface area contributed by atoms with Crippen LogP contribution in [0.5, 0.6) is 0 Å². The summed E-state index contributed by atoms with van der Waals surface area (Å²) < 4.78 is 1.75. The van der Waals surface area contributed by atoms with Crippen molar-refractivity contribution in [2.45, 2.75) is 0 Å². The van der Waals surface area contributed by atoms with E-state index < -0.39 is 0 Å². The van der Waals surface area contributed by atoms with Crippen LogP contribution in [0.1, 0.15) is 0 Å². The predicted octanol–water partition coefficient (Wildman–Crippen LogP) is 3.77. The molecule has 0 aliphatic heterocycles. The van der Waals surface area contributed by atoms with Gasteiger partial charge in [-0.1, -0.05) is 42.5 Å². The number of rotatable bonds is 3. The first-order valence-corrected chi connectivity index (χ1v) is 7.37. The van der Waals surface area contributed by atoms with Gasteiger partial charge in [-0.05, 0) is 12.1 Å². The van der Waals surface area contributed by atoms with Gasteiger partial charge in [-0.25, -0.2) is 9.97 Å². The number of fused-ring (bicyclic) bond motifs is 1. The highest BCUT2D eigenvalue weighted by atomic mass is 15.3. The predicted molar refractivity (Wildman–Crippen MR) is 91.5 cm³/mol. The highest BCUT2D eigenvalue weighted by Gasteiger charge is 2.09. The Bertz CT molecular complexity index is 959. The maximum Gasteiger partial charge on any atom is 0.162 e. The topological polar surface area (TPSA) is 55.6 Å². The molecule has 0 saturated carbocycles. The molecule has 4 aromatic rings. The van der Waals surface area contributed by atoms with E-state index in [0.29, 0.717) is 5.82 Å². The Morgan fingerprint density at radius 1 is 0.913 bits per heavy atom. The fraction of sp³-hybridized carbons (Fsp3) is 0.0556. The zero-order valence-corrected chi connectivity index (χ0v) is 12.6. The number of anilines is 2. The molecule has 4 rings (SSSR count). The van der Waals surface area contributed by atoms with Gasteiger partial charge in [0, 0.05) is 24.2 Å². The number of hydrogen-bond acceptors (Lipinski definition) is 4. The standard InChI is InChI=1S/C18H15N5/c1-23-12-14(11-19-23)20-18-15-9-5-6-10-16(15)21-17(22-18)13-7-3-2-4-8-13/h2-12H,1H3,(H,20,21,22). The van der Waals surface area contributed by atoms with Crippen LogP contribution in [-0.4, -0.2) is 19.7 Å². The van der Waals surface area contributed by atoms with Crippen LogP contribution in [0, 0.1) is 0 Å². The molecule has 0 spiro atoms. The fourth-order valence-corrected chi connectivity index (χ4v) is 2.51. The fourth-order valence-electron chi connectivity index (χ4n) is 2.51.